The maximum absolute atomic E-state index is 6.65. The zero-order chi connectivity index (χ0) is 31.2. The molecule has 0 bridgehead atoms. The Morgan fingerprint density at radius 1 is 0.489 bits per heavy atom. The Bertz CT molecular complexity index is 2490. The van der Waals surface area contributed by atoms with Crippen LogP contribution in [0.4, 0.5) is 0 Å². The number of hydrogen-bond donors (Lipinski definition) is 0. The third-order valence-electron chi connectivity index (χ3n) is 8.97. The molecule has 2 heterocycles. The molecule has 222 valence electrons. The lowest BCUT2D eigenvalue weighted by atomic mass is 9.95. The number of rotatable bonds is 5. The van der Waals surface area contributed by atoms with Crippen molar-refractivity contribution in [1.82, 2.24) is 15.0 Å². The van der Waals surface area contributed by atoms with Gasteiger partial charge in [0, 0.05) is 27.5 Å². The van der Waals surface area contributed by atoms with Gasteiger partial charge in [0.05, 0.1) is 0 Å². The second kappa shape index (κ2) is 11.3. The maximum atomic E-state index is 6.65. The lowest BCUT2D eigenvalue weighted by Gasteiger charge is -2.12. The van der Waals surface area contributed by atoms with Gasteiger partial charge < -0.3 is 4.42 Å². The molecule has 2 aromatic heterocycles. The summed E-state index contributed by atoms with van der Waals surface area (Å²) in [5.41, 5.74) is 9.24. The van der Waals surface area contributed by atoms with Crippen molar-refractivity contribution in [2.45, 2.75) is 12.8 Å². The fourth-order valence-electron chi connectivity index (χ4n) is 6.53. The molecule has 9 rings (SSSR count). The minimum atomic E-state index is 0.662. The average molecular weight is 604 g/mol. The van der Waals surface area contributed by atoms with Gasteiger partial charge >= 0.3 is 0 Å². The summed E-state index contributed by atoms with van der Waals surface area (Å²) in [5, 5.41) is 4.59. The van der Waals surface area contributed by atoms with Crippen LogP contribution in [0.1, 0.15) is 18.7 Å². The predicted molar refractivity (Wildman–Crippen MR) is 193 cm³/mol. The normalized spacial score (nSPS) is 13.0. The van der Waals surface area contributed by atoms with Crippen molar-refractivity contribution < 1.29 is 4.42 Å². The number of nitrogens with zero attached hydrogens (tertiary/aromatic N) is 3. The summed E-state index contributed by atoms with van der Waals surface area (Å²) in [6, 6.07) is 46.5. The monoisotopic (exact) mass is 603 g/mol. The van der Waals surface area contributed by atoms with Crippen LogP contribution in [0.15, 0.2) is 156 Å². The molecular weight excluding hydrogens is 574 g/mol. The summed E-state index contributed by atoms with van der Waals surface area (Å²) >= 11 is 0. The third-order valence-corrected chi connectivity index (χ3v) is 8.97. The van der Waals surface area contributed by atoms with E-state index < -0.39 is 0 Å². The van der Waals surface area contributed by atoms with Crippen LogP contribution in [0.2, 0.25) is 0 Å². The van der Waals surface area contributed by atoms with Crippen LogP contribution in [0.5, 0.6) is 0 Å². The second-order valence-corrected chi connectivity index (χ2v) is 12.0. The van der Waals surface area contributed by atoms with E-state index in [9.17, 15) is 0 Å². The number of aromatic nitrogens is 3. The minimum absolute atomic E-state index is 0.662. The number of benzene rings is 6. The van der Waals surface area contributed by atoms with E-state index in [0.29, 0.717) is 11.6 Å². The second-order valence-electron chi connectivity index (χ2n) is 12.0. The van der Waals surface area contributed by atoms with E-state index in [0.717, 1.165) is 74.0 Å². The van der Waals surface area contributed by atoms with Crippen LogP contribution in [0, 0.1) is 0 Å². The molecule has 0 N–H and O–H groups in total. The van der Waals surface area contributed by atoms with Gasteiger partial charge in [0.25, 0.3) is 0 Å². The number of hydrogen-bond acceptors (Lipinski definition) is 4. The van der Waals surface area contributed by atoms with Gasteiger partial charge in [-0.15, -0.1) is 0 Å². The van der Waals surface area contributed by atoms with Crippen molar-refractivity contribution in [3.63, 3.8) is 0 Å². The zero-order valence-corrected chi connectivity index (χ0v) is 25.6. The standard InChI is InChI=1S/C43H29N3O/c1-4-12-28(13-5-1)35-25-36(40-38(26-35)37-24-33-18-10-11-19-34(33)27-39(37)47-40)29-20-22-32(23-21-29)43-45-41(30-14-6-2-7-15-30)44-42(46-43)31-16-8-3-9-17-31/h1-8,10-16,18-27H,9,17H2. The minimum Gasteiger partial charge on any atom is -0.455 e. The Balaban J connectivity index is 1.20. The molecule has 4 nitrogen and oxygen atoms in total. The van der Waals surface area contributed by atoms with Crippen molar-refractivity contribution in [3.05, 3.63) is 158 Å². The van der Waals surface area contributed by atoms with Crippen LogP contribution >= 0.6 is 0 Å². The van der Waals surface area contributed by atoms with Gasteiger partial charge in [-0.25, -0.2) is 15.0 Å². The number of allylic oxidation sites excluding steroid dienone is 4. The molecule has 0 amide bonds. The van der Waals surface area contributed by atoms with Crippen molar-refractivity contribution >= 4 is 38.3 Å². The highest BCUT2D eigenvalue weighted by Crippen LogP contribution is 2.41. The molecular formula is C43H29N3O. The van der Waals surface area contributed by atoms with Gasteiger partial charge in [-0.1, -0.05) is 127 Å². The number of fused-ring (bicyclic) bond motifs is 4. The molecule has 0 spiro atoms. The van der Waals surface area contributed by atoms with Gasteiger partial charge in [-0.3, -0.25) is 0 Å². The largest absolute Gasteiger partial charge is 0.455 e. The van der Waals surface area contributed by atoms with Crippen molar-refractivity contribution in [2.75, 3.05) is 0 Å². The van der Waals surface area contributed by atoms with Gasteiger partial charge in [-0.2, -0.15) is 0 Å². The van der Waals surface area contributed by atoms with Crippen LogP contribution in [0.25, 0.3) is 83.3 Å². The smallest absolute Gasteiger partial charge is 0.164 e. The predicted octanol–water partition coefficient (Wildman–Crippen LogP) is 11.3. The van der Waals surface area contributed by atoms with Crippen LogP contribution in [0.3, 0.4) is 0 Å². The lowest BCUT2D eigenvalue weighted by molar-refractivity contribution is 0.670. The Morgan fingerprint density at radius 3 is 1.81 bits per heavy atom. The van der Waals surface area contributed by atoms with E-state index >= 15 is 0 Å². The SMILES string of the molecule is C1=CCCC(c2nc(-c3ccccc3)nc(-c3ccc(-c4cc(-c5ccccc5)cc5c4oc4cc6ccccc6cc45)cc3)n2)=C1. The van der Waals surface area contributed by atoms with Gasteiger partial charge in [-0.05, 0) is 70.1 Å². The van der Waals surface area contributed by atoms with Gasteiger partial charge in [0.2, 0.25) is 0 Å². The third kappa shape index (κ3) is 5.01. The van der Waals surface area contributed by atoms with Crippen molar-refractivity contribution in [3.8, 4) is 45.0 Å². The quantitative estimate of drug-likeness (QED) is 0.196. The Labute approximate surface area is 272 Å². The Morgan fingerprint density at radius 2 is 1.11 bits per heavy atom. The summed E-state index contributed by atoms with van der Waals surface area (Å²) in [6.07, 6.45) is 8.27. The fourth-order valence-corrected chi connectivity index (χ4v) is 6.53. The molecule has 1 aliphatic rings. The first kappa shape index (κ1) is 27.2. The summed E-state index contributed by atoms with van der Waals surface area (Å²) in [4.78, 5) is 14.8. The summed E-state index contributed by atoms with van der Waals surface area (Å²) < 4.78 is 6.65. The molecule has 0 saturated heterocycles. The van der Waals surface area contributed by atoms with Crippen molar-refractivity contribution in [1.29, 1.82) is 0 Å². The van der Waals surface area contributed by atoms with Gasteiger partial charge in [0.1, 0.15) is 11.2 Å². The topological polar surface area (TPSA) is 51.8 Å². The molecule has 0 fully saturated rings. The molecule has 0 aliphatic heterocycles. The molecule has 1 aliphatic carbocycles. The molecule has 0 saturated carbocycles. The Kier molecular flexibility index (Phi) is 6.57. The van der Waals surface area contributed by atoms with Crippen LogP contribution in [-0.4, -0.2) is 15.0 Å². The first-order valence-electron chi connectivity index (χ1n) is 16.0. The van der Waals surface area contributed by atoms with Crippen LogP contribution in [-0.2, 0) is 0 Å². The molecule has 6 aromatic carbocycles. The maximum Gasteiger partial charge on any atom is 0.164 e. The zero-order valence-electron chi connectivity index (χ0n) is 25.6. The van der Waals surface area contributed by atoms with E-state index in [1.807, 2.05) is 30.3 Å². The van der Waals surface area contributed by atoms with E-state index in [4.69, 9.17) is 19.4 Å². The molecule has 0 radical (unpaired) electrons. The number of furan rings is 1. The molecule has 47 heavy (non-hydrogen) atoms. The summed E-state index contributed by atoms with van der Waals surface area (Å²) in [5.74, 6) is 2.07. The van der Waals surface area contributed by atoms with E-state index in [2.05, 4.69) is 121 Å². The fraction of sp³-hybridized carbons (Fsp3) is 0.0465. The van der Waals surface area contributed by atoms with E-state index in [-0.39, 0.29) is 0 Å². The van der Waals surface area contributed by atoms with Crippen LogP contribution < -0.4 is 0 Å². The summed E-state index contributed by atoms with van der Waals surface area (Å²) in [6.45, 7) is 0. The highest BCUT2D eigenvalue weighted by Gasteiger charge is 2.18. The van der Waals surface area contributed by atoms with Gasteiger partial charge in [0.15, 0.2) is 17.5 Å². The average Bonchev–Trinajstić information content (AvgIpc) is 3.51. The first-order valence-corrected chi connectivity index (χ1v) is 16.0. The van der Waals surface area contributed by atoms with Crippen molar-refractivity contribution in [2.24, 2.45) is 0 Å². The summed E-state index contributed by atoms with van der Waals surface area (Å²) in [7, 11) is 0. The molecule has 8 aromatic rings. The molecule has 4 heteroatoms. The highest BCUT2D eigenvalue weighted by molar-refractivity contribution is 6.14. The lowest BCUT2D eigenvalue weighted by Crippen LogP contribution is -2.03. The molecule has 0 atom stereocenters. The Hall–Kier alpha value is -6.13. The molecule has 0 unspecified atom stereocenters. The van der Waals surface area contributed by atoms with E-state index in [1.54, 1.807) is 0 Å². The first-order chi connectivity index (χ1) is 23.3. The highest BCUT2D eigenvalue weighted by atomic mass is 16.3. The van der Waals surface area contributed by atoms with E-state index in [1.165, 1.54) is 16.3 Å².